The summed E-state index contributed by atoms with van der Waals surface area (Å²) in [5, 5.41) is 24.5. The van der Waals surface area contributed by atoms with Crippen LogP contribution in [0.25, 0.3) is 22.3 Å². The quantitative estimate of drug-likeness (QED) is 0.282. The number of benzene rings is 2. The summed E-state index contributed by atoms with van der Waals surface area (Å²) in [5.74, 6) is -3.09. The van der Waals surface area contributed by atoms with Crippen LogP contribution >= 0.6 is 0 Å². The summed E-state index contributed by atoms with van der Waals surface area (Å²) in [6.07, 6.45) is 3.02. The van der Waals surface area contributed by atoms with Gasteiger partial charge in [-0.2, -0.15) is 0 Å². The number of sulfonamides is 1. The number of amides is 1. The zero-order valence-corrected chi connectivity index (χ0v) is 22.2. The average Bonchev–Trinajstić information content (AvgIpc) is 3.73. The number of carbonyl (C=O) groups excluding carboxylic acids is 1. The molecule has 38 heavy (non-hydrogen) atoms. The van der Waals surface area contributed by atoms with Gasteiger partial charge in [0.15, 0.2) is 0 Å². The summed E-state index contributed by atoms with van der Waals surface area (Å²) < 4.78 is 54.2. The third-order valence-corrected chi connectivity index (χ3v) is 8.70. The van der Waals surface area contributed by atoms with Gasteiger partial charge in [0.25, 0.3) is 5.91 Å². The summed E-state index contributed by atoms with van der Waals surface area (Å²) in [4.78, 5) is 12.9. The molecule has 2 atom stereocenters. The first-order valence-corrected chi connectivity index (χ1v) is 14.2. The van der Waals surface area contributed by atoms with Crippen LogP contribution in [0.5, 0.6) is 5.75 Å². The first-order valence-electron chi connectivity index (χ1n) is 12.5. The molecule has 0 bridgehead atoms. The molecule has 3 aromatic rings. The average molecular weight is 547 g/mol. The predicted molar refractivity (Wildman–Crippen MR) is 140 cm³/mol. The SMILES string of the molecule is CNC(=O)c1c(-c2ccc(F)cc2)oc2cc(NS(=O)(=O)CC(C)(O)C3CC3)c(OC(C)(O)C3CC3)cc12. The smallest absolute Gasteiger partial charge is 0.255 e. The molecule has 0 saturated heterocycles. The van der Waals surface area contributed by atoms with Crippen molar-refractivity contribution in [2.75, 3.05) is 17.5 Å². The second-order valence-corrected chi connectivity index (χ2v) is 12.4. The van der Waals surface area contributed by atoms with Gasteiger partial charge in [-0.1, -0.05) is 0 Å². The minimum Gasteiger partial charge on any atom is -0.460 e. The molecule has 0 radical (unpaired) electrons. The van der Waals surface area contributed by atoms with Crippen LogP contribution in [0.2, 0.25) is 0 Å². The minimum absolute atomic E-state index is 0.000601. The van der Waals surface area contributed by atoms with Crippen LogP contribution in [-0.2, 0) is 10.0 Å². The Kier molecular flexibility index (Phi) is 6.44. The molecule has 2 unspecified atom stereocenters. The van der Waals surface area contributed by atoms with Gasteiger partial charge in [-0.05, 0) is 68.9 Å². The van der Waals surface area contributed by atoms with Crippen molar-refractivity contribution in [2.45, 2.75) is 50.9 Å². The molecule has 5 rings (SSSR count). The molecule has 0 aliphatic heterocycles. The van der Waals surface area contributed by atoms with E-state index < -0.39 is 38.9 Å². The van der Waals surface area contributed by atoms with Crippen molar-refractivity contribution in [1.82, 2.24) is 5.32 Å². The molecule has 1 heterocycles. The molecule has 1 amide bonds. The van der Waals surface area contributed by atoms with E-state index in [2.05, 4.69) is 10.0 Å². The topological polar surface area (TPSA) is 138 Å². The van der Waals surface area contributed by atoms with E-state index in [9.17, 15) is 27.8 Å². The van der Waals surface area contributed by atoms with E-state index in [1.165, 1.54) is 57.3 Å². The highest BCUT2D eigenvalue weighted by Crippen LogP contribution is 2.45. The monoisotopic (exact) mass is 546 g/mol. The van der Waals surface area contributed by atoms with Gasteiger partial charge in [-0.25, -0.2) is 12.8 Å². The van der Waals surface area contributed by atoms with Gasteiger partial charge in [0, 0.05) is 36.9 Å². The fourth-order valence-electron chi connectivity index (χ4n) is 4.78. The molecule has 2 fully saturated rings. The van der Waals surface area contributed by atoms with E-state index in [1.54, 1.807) is 0 Å². The van der Waals surface area contributed by atoms with Crippen molar-refractivity contribution in [3.63, 3.8) is 0 Å². The second-order valence-electron chi connectivity index (χ2n) is 10.7. The maximum atomic E-state index is 13.6. The Hall–Kier alpha value is -3.15. The van der Waals surface area contributed by atoms with Gasteiger partial charge >= 0.3 is 0 Å². The van der Waals surface area contributed by atoms with Gasteiger partial charge in [0.2, 0.25) is 15.8 Å². The normalized spacial score (nSPS) is 19.0. The highest BCUT2D eigenvalue weighted by atomic mass is 32.2. The Labute approximate surface area is 220 Å². The predicted octanol–water partition coefficient (Wildman–Crippen LogP) is 4.00. The molecular formula is C27H31FN2O7S. The van der Waals surface area contributed by atoms with Crippen LogP contribution in [0.15, 0.2) is 40.8 Å². The number of halogens is 1. The maximum Gasteiger partial charge on any atom is 0.255 e. The molecule has 4 N–H and O–H groups in total. The molecule has 9 nitrogen and oxygen atoms in total. The maximum absolute atomic E-state index is 13.6. The van der Waals surface area contributed by atoms with E-state index in [4.69, 9.17) is 9.15 Å². The molecule has 2 aliphatic rings. The Bertz CT molecular complexity index is 1490. The minimum atomic E-state index is -4.05. The number of hydrogen-bond acceptors (Lipinski definition) is 7. The van der Waals surface area contributed by atoms with Crippen LogP contribution in [0.3, 0.4) is 0 Å². The standard InChI is InChI=1S/C27H31FN2O7S/c1-26(32,16-6-7-16)14-38(34,35)30-20-13-21-19(12-22(20)37-27(2,33)17-8-9-17)23(25(31)29-3)24(36-21)15-4-10-18(28)11-5-15/h4-5,10-13,16-17,30,32-33H,6-9,14H2,1-3H3,(H,29,31). The lowest BCUT2D eigenvalue weighted by Crippen LogP contribution is -2.38. The summed E-state index contributed by atoms with van der Waals surface area (Å²) in [7, 11) is -2.60. The van der Waals surface area contributed by atoms with Crippen LogP contribution in [0.1, 0.15) is 49.9 Å². The van der Waals surface area contributed by atoms with Crippen molar-refractivity contribution < 1.29 is 37.0 Å². The lowest BCUT2D eigenvalue weighted by atomic mass is 10.0. The van der Waals surface area contributed by atoms with Gasteiger partial charge in [-0.15, -0.1) is 0 Å². The Morgan fingerprint density at radius 3 is 2.32 bits per heavy atom. The molecule has 11 heteroatoms. The van der Waals surface area contributed by atoms with Crippen molar-refractivity contribution in [2.24, 2.45) is 11.8 Å². The number of aliphatic hydroxyl groups is 2. The first-order chi connectivity index (χ1) is 17.8. The number of rotatable bonds is 10. The number of fused-ring (bicyclic) bond motifs is 1. The van der Waals surface area contributed by atoms with Crippen molar-refractivity contribution in [3.8, 4) is 17.1 Å². The van der Waals surface area contributed by atoms with E-state index in [0.717, 1.165) is 25.7 Å². The number of ether oxygens (including phenoxy) is 1. The number of nitrogens with one attached hydrogen (secondary N) is 2. The van der Waals surface area contributed by atoms with Crippen molar-refractivity contribution in [3.05, 3.63) is 47.8 Å². The fraction of sp³-hybridized carbons (Fsp3) is 0.444. The summed E-state index contributed by atoms with van der Waals surface area (Å²) in [5.41, 5.74) is -0.642. The van der Waals surface area contributed by atoms with Gasteiger partial charge in [-0.3, -0.25) is 9.52 Å². The number of anilines is 1. The summed E-state index contributed by atoms with van der Waals surface area (Å²) >= 11 is 0. The zero-order valence-electron chi connectivity index (χ0n) is 21.4. The second kappa shape index (κ2) is 9.25. The largest absolute Gasteiger partial charge is 0.460 e. The summed E-state index contributed by atoms with van der Waals surface area (Å²) in [6.45, 7) is 3.00. The van der Waals surface area contributed by atoms with Gasteiger partial charge in [0.05, 0.1) is 22.6 Å². The third kappa shape index (κ3) is 5.36. The molecular weight excluding hydrogens is 515 g/mol. The Morgan fingerprint density at radius 1 is 1.11 bits per heavy atom. The van der Waals surface area contributed by atoms with Gasteiger partial charge < -0.3 is 24.7 Å². The number of carbonyl (C=O) groups is 1. The highest BCUT2D eigenvalue weighted by molar-refractivity contribution is 7.92. The molecule has 2 saturated carbocycles. The zero-order chi connectivity index (χ0) is 27.5. The lowest BCUT2D eigenvalue weighted by molar-refractivity contribution is -0.137. The fourth-order valence-corrected chi connectivity index (χ4v) is 6.35. The molecule has 1 aromatic heterocycles. The van der Waals surface area contributed by atoms with Crippen LogP contribution in [0.4, 0.5) is 10.1 Å². The van der Waals surface area contributed by atoms with Crippen LogP contribution < -0.4 is 14.8 Å². The Morgan fingerprint density at radius 2 is 1.74 bits per heavy atom. The summed E-state index contributed by atoms with van der Waals surface area (Å²) in [6, 6.07) is 8.25. The van der Waals surface area contributed by atoms with Crippen molar-refractivity contribution >= 4 is 32.6 Å². The molecule has 2 aromatic carbocycles. The molecule has 204 valence electrons. The third-order valence-electron chi connectivity index (χ3n) is 7.21. The lowest BCUT2D eigenvalue weighted by Gasteiger charge is -2.27. The molecule has 2 aliphatic carbocycles. The number of furan rings is 1. The molecule has 0 spiro atoms. The van der Waals surface area contributed by atoms with Crippen LogP contribution in [-0.4, -0.2) is 48.7 Å². The van der Waals surface area contributed by atoms with E-state index >= 15 is 0 Å². The van der Waals surface area contributed by atoms with E-state index in [0.29, 0.717) is 10.9 Å². The Balaban J connectivity index is 1.63. The van der Waals surface area contributed by atoms with E-state index in [1.807, 2.05) is 0 Å². The first kappa shape index (κ1) is 26.5. The van der Waals surface area contributed by atoms with E-state index in [-0.39, 0.29) is 40.2 Å². The van der Waals surface area contributed by atoms with Crippen LogP contribution in [0, 0.1) is 17.7 Å². The highest BCUT2D eigenvalue weighted by Gasteiger charge is 2.44. The van der Waals surface area contributed by atoms with Crippen molar-refractivity contribution in [1.29, 1.82) is 0 Å². The van der Waals surface area contributed by atoms with Gasteiger partial charge in [0.1, 0.15) is 22.9 Å². The number of hydrogen-bond donors (Lipinski definition) is 4.